The molecule has 0 atom stereocenters. The Morgan fingerprint density at radius 1 is 1.53 bits per heavy atom. The maximum absolute atomic E-state index is 9.07. The summed E-state index contributed by atoms with van der Waals surface area (Å²) in [6.07, 6.45) is 10.0. The topological polar surface area (TPSA) is 37.3 Å². The van der Waals surface area contributed by atoms with Crippen LogP contribution in [0.3, 0.4) is 0 Å². The Morgan fingerprint density at radius 3 is 1.88 bits per heavy atom. The molecule has 1 aliphatic carbocycles. The SMILES string of the molecule is C[SiH]C.Cl.Cl.[C-]1=CC=CC1.[CH2-]CO.[CH3-].[O]=[Ti]=[SiH2]. The Labute approximate surface area is 132 Å². The summed E-state index contributed by atoms with van der Waals surface area (Å²) in [6.45, 7) is 7.46. The monoisotopic (exact) mass is 350 g/mol. The van der Waals surface area contributed by atoms with E-state index in [0.29, 0.717) is 0 Å². The Morgan fingerprint density at radius 2 is 1.82 bits per heavy atom. The van der Waals surface area contributed by atoms with E-state index >= 15 is 0 Å². The molecule has 0 spiro atoms. The second-order valence-electron chi connectivity index (χ2n) is 1.95. The summed E-state index contributed by atoms with van der Waals surface area (Å²) in [5.74, 6) is 0. The van der Waals surface area contributed by atoms with Crippen molar-refractivity contribution in [2.75, 3.05) is 6.61 Å². The molecule has 0 saturated carbocycles. The van der Waals surface area contributed by atoms with E-state index in [4.69, 9.17) is 8.43 Å². The Balaban J connectivity index is -0.0000000232. The third-order valence-electron chi connectivity index (χ3n) is 0.586. The average Bonchev–Trinajstić information content (AvgIpc) is 2.63. The summed E-state index contributed by atoms with van der Waals surface area (Å²) < 4.78 is 9.07. The van der Waals surface area contributed by atoms with E-state index in [0.717, 1.165) is 15.9 Å². The van der Waals surface area contributed by atoms with Crippen molar-refractivity contribution in [2.24, 2.45) is 0 Å². The van der Waals surface area contributed by atoms with Gasteiger partial charge in [0.05, 0.1) is 0 Å². The zero-order valence-corrected chi connectivity index (χ0v) is 16.6. The number of aliphatic hydroxyl groups excluding tert-OH is 1. The first-order chi connectivity index (χ1) is 6.74. The van der Waals surface area contributed by atoms with Gasteiger partial charge in [0.25, 0.3) is 0 Å². The van der Waals surface area contributed by atoms with E-state index in [1.54, 1.807) is 7.63 Å². The zero-order valence-electron chi connectivity index (χ0n) is 10.8. The fourth-order valence-electron chi connectivity index (χ4n) is 0.340. The van der Waals surface area contributed by atoms with Crippen molar-refractivity contribution in [3.8, 4) is 0 Å². The quantitative estimate of drug-likeness (QED) is 0.535. The standard InChI is InChI=1S/C5H5.C2H5O.C2H7Si.CH3.2ClH.O.H2Si.Ti/c1-2-4-5-3-1;1-2-3;1-3-2;;;;;;/h1-3H,4H2;3H,1-2H2;3H,1-2H3;1H3;2*1H;;1H2;/q2*-1;;-1;;;;;. The Hall–Kier alpha value is 0.968. The molecule has 0 saturated heterocycles. The maximum atomic E-state index is 9.07. The van der Waals surface area contributed by atoms with Crippen LogP contribution in [0.1, 0.15) is 6.42 Å². The van der Waals surface area contributed by atoms with Crippen LogP contribution in [0.15, 0.2) is 18.2 Å². The van der Waals surface area contributed by atoms with Crippen LogP contribution >= 0.6 is 24.8 Å². The van der Waals surface area contributed by atoms with Gasteiger partial charge in [0, 0.05) is 9.52 Å². The van der Waals surface area contributed by atoms with Gasteiger partial charge in [0.2, 0.25) is 0 Å². The normalized spacial score (nSPS) is 7.76. The first-order valence-electron chi connectivity index (χ1n) is 4.25. The molecule has 0 heterocycles. The predicted molar refractivity (Wildman–Crippen MR) is 83.0 cm³/mol. The minimum atomic E-state index is -0.722. The summed E-state index contributed by atoms with van der Waals surface area (Å²) in [5, 5.41) is 7.46. The molecule has 0 aliphatic heterocycles. The van der Waals surface area contributed by atoms with E-state index < -0.39 is 17.9 Å². The number of aliphatic hydroxyl groups is 1. The van der Waals surface area contributed by atoms with Crippen LogP contribution in [0.5, 0.6) is 0 Å². The van der Waals surface area contributed by atoms with Crippen molar-refractivity contribution in [3.05, 3.63) is 38.7 Å². The summed E-state index contributed by atoms with van der Waals surface area (Å²) in [6, 6.07) is 0. The second kappa shape index (κ2) is 53.8. The molecule has 0 unspecified atom stereocenters. The van der Waals surface area contributed by atoms with Crippen LogP contribution in [0, 0.1) is 20.4 Å². The molecule has 0 bridgehead atoms. The molecule has 1 aliphatic rings. The number of allylic oxidation sites excluding steroid dienone is 4. The molecule has 1 radical (unpaired) electrons. The summed E-state index contributed by atoms with van der Waals surface area (Å²) in [7, 11) is 2.29. The van der Waals surface area contributed by atoms with Gasteiger partial charge in [0.1, 0.15) is 0 Å². The predicted octanol–water partition coefficient (Wildman–Crippen LogP) is 1.89. The third kappa shape index (κ3) is 107. The van der Waals surface area contributed by atoms with Crippen LogP contribution in [0.4, 0.5) is 0 Å². The van der Waals surface area contributed by atoms with Crippen molar-refractivity contribution in [1.29, 1.82) is 0 Å². The van der Waals surface area contributed by atoms with Crippen LogP contribution < -0.4 is 0 Å². The first-order valence-corrected chi connectivity index (χ1v) is 11.2. The molecule has 0 fully saturated rings. The Kier molecular flexibility index (Phi) is 114. The van der Waals surface area contributed by atoms with Crippen molar-refractivity contribution in [3.63, 3.8) is 0 Å². The first kappa shape index (κ1) is 36.1. The fraction of sp³-hybridized carbons (Fsp3) is 0.400. The van der Waals surface area contributed by atoms with Crippen molar-refractivity contribution < 1.29 is 26.3 Å². The molecule has 0 aromatic carbocycles. The molecule has 0 amide bonds. The molecule has 0 aromatic heterocycles. The van der Waals surface area contributed by atoms with Gasteiger partial charge >= 0.3 is 28.8 Å². The number of hydrogen-bond donors (Lipinski definition) is 1. The van der Waals surface area contributed by atoms with Crippen LogP contribution in [0.2, 0.25) is 13.1 Å². The molecule has 0 aromatic rings. The van der Waals surface area contributed by atoms with E-state index in [1.807, 2.05) is 12.2 Å². The van der Waals surface area contributed by atoms with E-state index in [-0.39, 0.29) is 38.8 Å². The zero-order chi connectivity index (χ0) is 11.7. The van der Waals surface area contributed by atoms with Gasteiger partial charge in [-0.3, -0.25) is 6.08 Å². The summed E-state index contributed by atoms with van der Waals surface area (Å²) in [4.78, 5) is 0. The van der Waals surface area contributed by atoms with Crippen LogP contribution in [-0.4, -0.2) is 28.9 Å². The number of rotatable bonds is 0. The van der Waals surface area contributed by atoms with Crippen LogP contribution in [-0.2, 0) is 21.2 Å². The fourth-order valence-corrected chi connectivity index (χ4v) is 0.340. The van der Waals surface area contributed by atoms with Gasteiger partial charge in [-0.1, -0.05) is 19.7 Å². The van der Waals surface area contributed by atoms with Gasteiger partial charge in [-0.25, -0.2) is 12.2 Å². The molecule has 2 nitrogen and oxygen atoms in total. The van der Waals surface area contributed by atoms with E-state index in [2.05, 4.69) is 32.2 Å². The van der Waals surface area contributed by atoms with Crippen LogP contribution in [0.25, 0.3) is 0 Å². The second-order valence-corrected chi connectivity index (χ2v) is 4.74. The van der Waals surface area contributed by atoms with E-state index in [9.17, 15) is 0 Å². The number of halogens is 2. The summed E-state index contributed by atoms with van der Waals surface area (Å²) >= 11 is -0.722. The van der Waals surface area contributed by atoms with Crippen molar-refractivity contribution in [2.45, 2.75) is 19.5 Å². The van der Waals surface area contributed by atoms with E-state index in [1.165, 1.54) is 0 Å². The molecular weight excluding hydrogens is 327 g/mol. The average molecular weight is 351 g/mol. The molecule has 17 heavy (non-hydrogen) atoms. The van der Waals surface area contributed by atoms with Gasteiger partial charge in [0.15, 0.2) is 0 Å². The van der Waals surface area contributed by atoms with Crippen molar-refractivity contribution >= 4 is 42.0 Å². The molecule has 1 N–H and O–H groups in total. The van der Waals surface area contributed by atoms with Gasteiger partial charge in [-0.15, -0.1) is 31.2 Å². The van der Waals surface area contributed by atoms with Crippen molar-refractivity contribution in [1.82, 2.24) is 0 Å². The summed E-state index contributed by atoms with van der Waals surface area (Å²) in [5.41, 5.74) is 0. The van der Waals surface area contributed by atoms with Gasteiger partial charge in [-0.2, -0.15) is 6.08 Å². The number of hydrogen-bond acceptors (Lipinski definition) is 2. The third-order valence-corrected chi connectivity index (χ3v) is 0.586. The van der Waals surface area contributed by atoms with Gasteiger partial charge < -0.3 is 19.5 Å². The molecule has 105 valence electrons. The molecule has 1 rings (SSSR count). The molecular formula is C10H24Cl2O2Si2Ti-3. The molecule has 7 heteroatoms. The Bertz CT molecular complexity index is 162. The van der Waals surface area contributed by atoms with Gasteiger partial charge in [-0.05, 0) is 0 Å². The minimum absolute atomic E-state index is 0.